The summed E-state index contributed by atoms with van der Waals surface area (Å²) in [7, 11) is 0. The molecule has 2 amide bonds. The number of nitrogens with one attached hydrogen (secondary N) is 1. The first-order chi connectivity index (χ1) is 15.1. The van der Waals surface area contributed by atoms with Crippen molar-refractivity contribution in [1.29, 1.82) is 0 Å². The second-order valence-corrected chi connectivity index (χ2v) is 9.46. The molecule has 1 spiro atoms. The van der Waals surface area contributed by atoms with Crippen LogP contribution in [0.15, 0.2) is 54.6 Å². The zero-order valence-electron chi connectivity index (χ0n) is 17.4. The maximum Gasteiger partial charge on any atom is 0.259 e. The molecule has 1 fully saturated rings. The number of amides is 2. The molecule has 0 bridgehead atoms. The molecule has 6 nitrogen and oxygen atoms in total. The van der Waals surface area contributed by atoms with Gasteiger partial charge in [-0.15, -0.1) is 10.2 Å². The van der Waals surface area contributed by atoms with Gasteiger partial charge in [0.05, 0.1) is 11.5 Å². The van der Waals surface area contributed by atoms with Gasteiger partial charge in [-0.25, -0.2) is 0 Å². The van der Waals surface area contributed by atoms with Gasteiger partial charge in [0, 0.05) is 11.3 Å². The highest BCUT2D eigenvalue weighted by Crippen LogP contribution is 2.51. The summed E-state index contributed by atoms with van der Waals surface area (Å²) in [6.45, 7) is 1.86. The summed E-state index contributed by atoms with van der Waals surface area (Å²) in [6, 6.07) is 17.3. The van der Waals surface area contributed by atoms with Crippen molar-refractivity contribution < 1.29 is 9.59 Å². The van der Waals surface area contributed by atoms with Gasteiger partial charge in [-0.2, -0.15) is 0 Å². The molecular formula is C24H24N4O2S. The van der Waals surface area contributed by atoms with Crippen molar-refractivity contribution >= 4 is 34.0 Å². The van der Waals surface area contributed by atoms with E-state index >= 15 is 0 Å². The summed E-state index contributed by atoms with van der Waals surface area (Å²) in [5.74, 6) is -0.635. The predicted octanol–water partition coefficient (Wildman–Crippen LogP) is 4.93. The molecule has 1 saturated carbocycles. The topological polar surface area (TPSA) is 75.2 Å². The summed E-state index contributed by atoms with van der Waals surface area (Å²) in [4.78, 5) is 29.5. The standard InChI is InChI=1S/C24H24N4O2S/c1-16-26-27-23(31-16)25-21(29)20-18-12-6-7-13-19(18)22(30)28(17-10-4-2-5-11-17)24(20)14-8-3-9-15-24/h2,4-7,10-13,20H,3,8-9,14-15H2,1H3,(H,25,27,29)/t20-/m0/s1. The number of nitrogens with zero attached hydrogens (tertiary/aromatic N) is 3. The van der Waals surface area contributed by atoms with Gasteiger partial charge in [0.1, 0.15) is 5.01 Å². The van der Waals surface area contributed by atoms with E-state index in [0.717, 1.165) is 48.4 Å². The number of anilines is 2. The number of benzene rings is 2. The molecule has 2 aliphatic rings. The Morgan fingerprint density at radius 1 is 1.03 bits per heavy atom. The molecule has 2 aromatic carbocycles. The molecular weight excluding hydrogens is 408 g/mol. The van der Waals surface area contributed by atoms with Crippen molar-refractivity contribution in [2.75, 3.05) is 10.2 Å². The number of aryl methyl sites for hydroxylation is 1. The van der Waals surface area contributed by atoms with E-state index in [4.69, 9.17) is 0 Å². The van der Waals surface area contributed by atoms with E-state index in [1.165, 1.54) is 11.3 Å². The number of hydrogen-bond acceptors (Lipinski definition) is 5. The van der Waals surface area contributed by atoms with Gasteiger partial charge >= 0.3 is 0 Å². The van der Waals surface area contributed by atoms with Crippen LogP contribution >= 0.6 is 11.3 Å². The van der Waals surface area contributed by atoms with Gasteiger partial charge in [0.15, 0.2) is 0 Å². The Hall–Kier alpha value is -3.06. The van der Waals surface area contributed by atoms with E-state index in [-0.39, 0.29) is 11.8 Å². The van der Waals surface area contributed by atoms with E-state index in [1.807, 2.05) is 66.4 Å². The van der Waals surface area contributed by atoms with Gasteiger partial charge < -0.3 is 4.90 Å². The quantitative estimate of drug-likeness (QED) is 0.637. The van der Waals surface area contributed by atoms with Crippen molar-refractivity contribution in [2.24, 2.45) is 0 Å². The van der Waals surface area contributed by atoms with Gasteiger partial charge in [-0.3, -0.25) is 14.9 Å². The minimum Gasteiger partial charge on any atom is -0.301 e. The zero-order valence-corrected chi connectivity index (χ0v) is 18.2. The van der Waals surface area contributed by atoms with Crippen LogP contribution in [-0.4, -0.2) is 27.6 Å². The van der Waals surface area contributed by atoms with Crippen LogP contribution in [-0.2, 0) is 4.79 Å². The summed E-state index contributed by atoms with van der Waals surface area (Å²) in [5.41, 5.74) is 1.64. The molecule has 1 aromatic heterocycles. The van der Waals surface area contributed by atoms with Crippen molar-refractivity contribution in [1.82, 2.24) is 10.2 Å². The van der Waals surface area contributed by atoms with Crippen LogP contribution in [0.3, 0.4) is 0 Å². The molecule has 31 heavy (non-hydrogen) atoms. The third-order valence-electron chi connectivity index (χ3n) is 6.44. The Labute approximate surface area is 185 Å². The van der Waals surface area contributed by atoms with Crippen LogP contribution < -0.4 is 10.2 Å². The molecule has 7 heteroatoms. The van der Waals surface area contributed by atoms with Gasteiger partial charge in [0.25, 0.3) is 5.91 Å². The SMILES string of the molecule is Cc1nnc(NC(=O)[C@@H]2c3ccccc3C(=O)N(c3ccccc3)C23CCCCC3)s1. The molecule has 1 atom stereocenters. The first-order valence-corrected chi connectivity index (χ1v) is 11.5. The normalized spacial score (nSPS) is 19.8. The van der Waals surface area contributed by atoms with Gasteiger partial charge in [-0.05, 0) is 43.5 Å². The molecule has 2 heterocycles. The van der Waals surface area contributed by atoms with Gasteiger partial charge in [-0.1, -0.05) is 67.0 Å². The number of aromatic nitrogens is 2. The Balaban J connectivity index is 1.68. The lowest BCUT2D eigenvalue weighted by atomic mass is 9.65. The lowest BCUT2D eigenvalue weighted by molar-refractivity contribution is -0.119. The molecule has 1 N–H and O–H groups in total. The van der Waals surface area contributed by atoms with Crippen LogP contribution in [0.4, 0.5) is 10.8 Å². The zero-order chi connectivity index (χ0) is 21.4. The molecule has 0 radical (unpaired) electrons. The second-order valence-electron chi connectivity index (χ2n) is 8.28. The number of carbonyl (C=O) groups is 2. The summed E-state index contributed by atoms with van der Waals surface area (Å²) >= 11 is 1.36. The predicted molar refractivity (Wildman–Crippen MR) is 122 cm³/mol. The Bertz CT molecular complexity index is 1120. The number of fused-ring (bicyclic) bond motifs is 1. The van der Waals surface area contributed by atoms with E-state index in [1.54, 1.807) is 0 Å². The maximum atomic E-state index is 13.8. The van der Waals surface area contributed by atoms with E-state index < -0.39 is 11.5 Å². The number of carbonyl (C=O) groups excluding carboxylic acids is 2. The van der Waals surface area contributed by atoms with Gasteiger partial charge in [0.2, 0.25) is 11.0 Å². The first-order valence-electron chi connectivity index (χ1n) is 10.7. The van der Waals surface area contributed by atoms with Crippen molar-refractivity contribution in [3.63, 3.8) is 0 Å². The summed E-state index contributed by atoms with van der Waals surface area (Å²) < 4.78 is 0. The number of para-hydroxylation sites is 1. The highest BCUT2D eigenvalue weighted by Gasteiger charge is 2.55. The Morgan fingerprint density at radius 2 is 1.74 bits per heavy atom. The molecule has 5 rings (SSSR count). The van der Waals surface area contributed by atoms with Crippen LogP contribution in [0.2, 0.25) is 0 Å². The third-order valence-corrected chi connectivity index (χ3v) is 7.19. The highest BCUT2D eigenvalue weighted by molar-refractivity contribution is 7.15. The average Bonchev–Trinajstić information content (AvgIpc) is 3.19. The molecule has 1 aliphatic carbocycles. The molecule has 0 unspecified atom stereocenters. The Kier molecular flexibility index (Phi) is 5.06. The fourth-order valence-electron chi connectivity index (χ4n) is 5.22. The molecule has 3 aromatic rings. The third kappa shape index (κ3) is 3.33. The lowest BCUT2D eigenvalue weighted by Crippen LogP contribution is -2.62. The monoisotopic (exact) mass is 432 g/mol. The molecule has 0 saturated heterocycles. The number of hydrogen-bond donors (Lipinski definition) is 1. The molecule has 1 aliphatic heterocycles. The smallest absolute Gasteiger partial charge is 0.259 e. The fourth-order valence-corrected chi connectivity index (χ4v) is 5.82. The van der Waals surface area contributed by atoms with Crippen molar-refractivity contribution in [2.45, 2.75) is 50.5 Å². The fraction of sp³-hybridized carbons (Fsp3) is 0.333. The molecule has 158 valence electrons. The number of rotatable bonds is 3. The van der Waals surface area contributed by atoms with E-state index in [9.17, 15) is 9.59 Å². The minimum absolute atomic E-state index is 0.0282. The van der Waals surface area contributed by atoms with Crippen molar-refractivity contribution in [3.8, 4) is 0 Å². The maximum absolute atomic E-state index is 13.8. The summed E-state index contributed by atoms with van der Waals surface area (Å²) in [6.07, 6.45) is 4.66. The van der Waals surface area contributed by atoms with Crippen LogP contribution in [0.25, 0.3) is 0 Å². The van der Waals surface area contributed by atoms with Crippen LogP contribution in [0.1, 0.15) is 59.0 Å². The highest BCUT2D eigenvalue weighted by atomic mass is 32.1. The van der Waals surface area contributed by atoms with Crippen LogP contribution in [0, 0.1) is 6.92 Å². The Morgan fingerprint density at radius 3 is 2.45 bits per heavy atom. The van der Waals surface area contributed by atoms with E-state index in [0.29, 0.717) is 10.7 Å². The van der Waals surface area contributed by atoms with E-state index in [2.05, 4.69) is 15.5 Å². The minimum atomic E-state index is -0.602. The van der Waals surface area contributed by atoms with Crippen molar-refractivity contribution in [3.05, 3.63) is 70.7 Å². The second kappa shape index (κ2) is 7.89. The average molecular weight is 433 g/mol. The summed E-state index contributed by atoms with van der Waals surface area (Å²) in [5, 5.41) is 12.4. The largest absolute Gasteiger partial charge is 0.301 e. The van der Waals surface area contributed by atoms with Crippen LogP contribution in [0.5, 0.6) is 0 Å². The lowest BCUT2D eigenvalue weighted by Gasteiger charge is -2.53. The first kappa shape index (κ1) is 19.9.